The predicted octanol–water partition coefficient (Wildman–Crippen LogP) is 4.20. The number of halogens is 1. The van der Waals surface area contributed by atoms with Crippen LogP contribution in [0.25, 0.3) is 0 Å². The zero-order valence-corrected chi connectivity index (χ0v) is 11.9. The van der Waals surface area contributed by atoms with Gasteiger partial charge in [0.25, 0.3) is 0 Å². The normalized spacial score (nSPS) is 10.0. The lowest BCUT2D eigenvalue weighted by molar-refractivity contribution is 0.0697. The molecular weight excluding hydrogens is 294 g/mol. The molecule has 0 amide bonds. The minimum Gasteiger partial charge on any atom is -0.478 e. The Morgan fingerprint density at radius 1 is 1.30 bits per heavy atom. The lowest BCUT2D eigenvalue weighted by atomic mass is 10.2. The van der Waals surface area contributed by atoms with Gasteiger partial charge in [0.1, 0.15) is 0 Å². The van der Waals surface area contributed by atoms with Crippen LogP contribution in [0.4, 0.5) is 0 Å². The summed E-state index contributed by atoms with van der Waals surface area (Å²) in [7, 11) is 0. The number of benzene rings is 2. The van der Waals surface area contributed by atoms with Crippen LogP contribution >= 0.6 is 23.4 Å². The summed E-state index contributed by atoms with van der Waals surface area (Å²) in [5, 5.41) is 18.1. The topological polar surface area (TPSA) is 61.1 Å². The molecular formula is C15H10ClNO2S. The third-order valence-electron chi connectivity index (χ3n) is 2.63. The van der Waals surface area contributed by atoms with E-state index in [4.69, 9.17) is 22.0 Å². The van der Waals surface area contributed by atoms with Gasteiger partial charge < -0.3 is 5.11 Å². The second-order valence-corrected chi connectivity index (χ2v) is 5.50. The van der Waals surface area contributed by atoms with Gasteiger partial charge in [0.05, 0.1) is 22.2 Å². The molecule has 0 heterocycles. The Hall–Kier alpha value is -1.96. The molecule has 20 heavy (non-hydrogen) atoms. The maximum absolute atomic E-state index is 11.0. The van der Waals surface area contributed by atoms with E-state index in [1.54, 1.807) is 24.3 Å². The molecule has 0 unspecified atom stereocenters. The fraction of sp³-hybridized carbons (Fsp3) is 0.0667. The molecule has 0 aliphatic carbocycles. The van der Waals surface area contributed by atoms with Crippen molar-refractivity contribution in [3.05, 3.63) is 64.2 Å². The van der Waals surface area contributed by atoms with Gasteiger partial charge in [-0.1, -0.05) is 23.7 Å². The van der Waals surface area contributed by atoms with Crippen LogP contribution in [0, 0.1) is 11.3 Å². The van der Waals surface area contributed by atoms with Gasteiger partial charge in [-0.3, -0.25) is 0 Å². The van der Waals surface area contributed by atoms with Crippen LogP contribution in [-0.2, 0) is 5.75 Å². The molecule has 2 aromatic rings. The number of carbonyl (C=O) groups is 1. The van der Waals surface area contributed by atoms with Gasteiger partial charge in [-0.25, -0.2) is 4.79 Å². The average Bonchev–Trinajstić information content (AvgIpc) is 2.46. The van der Waals surface area contributed by atoms with Crippen molar-refractivity contribution in [2.75, 3.05) is 0 Å². The highest BCUT2D eigenvalue weighted by atomic mass is 35.5. The van der Waals surface area contributed by atoms with Gasteiger partial charge in [0, 0.05) is 10.6 Å². The van der Waals surface area contributed by atoms with Crippen LogP contribution in [0.15, 0.2) is 47.4 Å². The summed E-state index contributed by atoms with van der Waals surface area (Å²) in [6.07, 6.45) is 0. The Morgan fingerprint density at radius 3 is 2.80 bits per heavy atom. The summed E-state index contributed by atoms with van der Waals surface area (Å²) in [6, 6.07) is 14.4. The molecule has 0 fully saturated rings. The Bertz CT molecular complexity index is 695. The number of rotatable bonds is 4. The Labute approximate surface area is 125 Å². The molecule has 0 aromatic heterocycles. The van der Waals surface area contributed by atoms with Gasteiger partial charge in [-0.15, -0.1) is 11.8 Å². The number of hydrogen-bond acceptors (Lipinski definition) is 3. The quantitative estimate of drug-likeness (QED) is 0.860. The van der Waals surface area contributed by atoms with Crippen molar-refractivity contribution in [3.63, 3.8) is 0 Å². The van der Waals surface area contributed by atoms with E-state index in [-0.39, 0.29) is 10.6 Å². The lowest BCUT2D eigenvalue weighted by Gasteiger charge is -2.05. The first kappa shape index (κ1) is 14.4. The summed E-state index contributed by atoms with van der Waals surface area (Å²) in [5.41, 5.74) is 1.73. The van der Waals surface area contributed by atoms with E-state index in [1.807, 2.05) is 18.2 Å². The largest absolute Gasteiger partial charge is 0.478 e. The minimum absolute atomic E-state index is 0.0995. The molecule has 0 atom stereocenters. The highest BCUT2D eigenvalue weighted by Crippen LogP contribution is 2.27. The number of carboxylic acid groups (broad SMARTS) is 1. The number of nitrogens with zero attached hydrogens (tertiary/aromatic N) is 1. The van der Waals surface area contributed by atoms with Gasteiger partial charge in [-0.05, 0) is 35.9 Å². The van der Waals surface area contributed by atoms with Crippen LogP contribution in [0.1, 0.15) is 21.5 Å². The summed E-state index contributed by atoms with van der Waals surface area (Å²) in [4.78, 5) is 11.8. The van der Waals surface area contributed by atoms with Gasteiger partial charge in [0.15, 0.2) is 0 Å². The smallest absolute Gasteiger partial charge is 0.337 e. The number of carboxylic acids is 1. The lowest BCUT2D eigenvalue weighted by Crippen LogP contribution is -1.97. The van der Waals surface area contributed by atoms with Gasteiger partial charge >= 0.3 is 5.97 Å². The molecule has 0 radical (unpaired) electrons. The second-order valence-electron chi connectivity index (χ2n) is 4.05. The molecule has 0 aliphatic heterocycles. The van der Waals surface area contributed by atoms with Crippen molar-refractivity contribution >= 4 is 29.3 Å². The molecule has 100 valence electrons. The zero-order chi connectivity index (χ0) is 14.5. The van der Waals surface area contributed by atoms with Crippen molar-refractivity contribution in [3.8, 4) is 6.07 Å². The van der Waals surface area contributed by atoms with Crippen LogP contribution in [0.2, 0.25) is 5.02 Å². The fourth-order valence-corrected chi connectivity index (χ4v) is 2.73. The first-order valence-electron chi connectivity index (χ1n) is 5.75. The van der Waals surface area contributed by atoms with E-state index in [0.29, 0.717) is 11.3 Å². The Balaban J connectivity index is 2.13. The molecule has 0 spiro atoms. The first-order valence-corrected chi connectivity index (χ1v) is 7.11. The molecule has 2 aromatic carbocycles. The molecule has 0 aliphatic rings. The summed E-state index contributed by atoms with van der Waals surface area (Å²) in [6.45, 7) is 0. The van der Waals surface area contributed by atoms with E-state index in [2.05, 4.69) is 6.07 Å². The minimum atomic E-state index is -1.04. The predicted molar refractivity (Wildman–Crippen MR) is 79.1 cm³/mol. The van der Waals surface area contributed by atoms with Crippen molar-refractivity contribution in [2.45, 2.75) is 10.6 Å². The van der Waals surface area contributed by atoms with Crippen LogP contribution < -0.4 is 0 Å². The fourth-order valence-electron chi connectivity index (χ4n) is 1.66. The third-order valence-corrected chi connectivity index (χ3v) is 4.02. The number of nitriles is 1. The van der Waals surface area contributed by atoms with Crippen LogP contribution in [-0.4, -0.2) is 11.1 Å². The highest BCUT2D eigenvalue weighted by Gasteiger charge is 2.09. The standard InChI is InChI=1S/C15H10ClNO2S/c16-14-5-4-12(7-13(14)15(18)19)20-9-11-3-1-2-10(6-11)8-17/h1-7H,9H2,(H,18,19). The van der Waals surface area contributed by atoms with Crippen molar-refractivity contribution < 1.29 is 9.90 Å². The van der Waals surface area contributed by atoms with Crippen molar-refractivity contribution in [1.82, 2.24) is 0 Å². The second kappa shape index (κ2) is 6.47. The van der Waals surface area contributed by atoms with Crippen LogP contribution in [0.5, 0.6) is 0 Å². The van der Waals surface area contributed by atoms with E-state index in [9.17, 15) is 4.79 Å². The third kappa shape index (κ3) is 3.53. The highest BCUT2D eigenvalue weighted by molar-refractivity contribution is 7.98. The average molecular weight is 304 g/mol. The number of aromatic carboxylic acids is 1. The van der Waals surface area contributed by atoms with E-state index in [0.717, 1.165) is 10.5 Å². The zero-order valence-electron chi connectivity index (χ0n) is 10.3. The number of hydrogen-bond donors (Lipinski definition) is 1. The summed E-state index contributed by atoms with van der Waals surface area (Å²) in [5.74, 6) is -0.375. The Kier molecular flexibility index (Phi) is 4.67. The molecule has 2 rings (SSSR count). The first-order chi connectivity index (χ1) is 9.60. The van der Waals surface area contributed by atoms with E-state index < -0.39 is 5.97 Å². The molecule has 3 nitrogen and oxygen atoms in total. The maximum atomic E-state index is 11.0. The van der Waals surface area contributed by atoms with Gasteiger partial charge in [0.2, 0.25) is 0 Å². The molecule has 0 bridgehead atoms. The summed E-state index contributed by atoms with van der Waals surface area (Å²) < 4.78 is 0. The van der Waals surface area contributed by atoms with E-state index in [1.165, 1.54) is 11.8 Å². The molecule has 5 heteroatoms. The van der Waals surface area contributed by atoms with E-state index >= 15 is 0 Å². The molecule has 1 N–H and O–H groups in total. The Morgan fingerprint density at radius 2 is 2.10 bits per heavy atom. The van der Waals surface area contributed by atoms with Crippen molar-refractivity contribution in [1.29, 1.82) is 5.26 Å². The van der Waals surface area contributed by atoms with Gasteiger partial charge in [-0.2, -0.15) is 5.26 Å². The monoisotopic (exact) mass is 303 g/mol. The molecule has 0 saturated heterocycles. The SMILES string of the molecule is N#Cc1cccc(CSc2ccc(Cl)c(C(=O)O)c2)c1. The van der Waals surface area contributed by atoms with Crippen LogP contribution in [0.3, 0.4) is 0 Å². The maximum Gasteiger partial charge on any atom is 0.337 e. The number of thioether (sulfide) groups is 1. The molecule has 0 saturated carbocycles. The van der Waals surface area contributed by atoms with Crippen molar-refractivity contribution in [2.24, 2.45) is 0 Å². The summed E-state index contributed by atoms with van der Waals surface area (Å²) >= 11 is 7.32.